The molecule has 100 valence electrons. The van der Waals surface area contributed by atoms with Crippen molar-refractivity contribution < 1.29 is 4.39 Å². The largest absolute Gasteiger partial charge is 0.316 e. The molecule has 19 heavy (non-hydrogen) atoms. The Bertz CT molecular complexity index is 581. The van der Waals surface area contributed by atoms with E-state index in [9.17, 15) is 4.39 Å². The van der Waals surface area contributed by atoms with Crippen LogP contribution >= 0.6 is 11.8 Å². The molecule has 0 radical (unpaired) electrons. The summed E-state index contributed by atoms with van der Waals surface area (Å²) in [5.41, 5.74) is 3.50. The lowest BCUT2D eigenvalue weighted by atomic mass is 10.1. The third kappa shape index (κ3) is 3.82. The maximum atomic E-state index is 13.6. The van der Waals surface area contributed by atoms with Crippen molar-refractivity contribution in [3.8, 4) is 0 Å². The van der Waals surface area contributed by atoms with Crippen LogP contribution < -0.4 is 5.32 Å². The number of hydrogen-bond donors (Lipinski definition) is 1. The van der Waals surface area contributed by atoms with E-state index >= 15 is 0 Å². The molecule has 1 nitrogen and oxygen atoms in total. The molecule has 2 rings (SSSR count). The van der Waals surface area contributed by atoms with Crippen LogP contribution in [-0.4, -0.2) is 7.05 Å². The Balaban J connectivity index is 2.24. The summed E-state index contributed by atoms with van der Waals surface area (Å²) < 4.78 is 13.6. The van der Waals surface area contributed by atoms with Gasteiger partial charge in [0.2, 0.25) is 0 Å². The fourth-order valence-corrected chi connectivity index (χ4v) is 2.93. The zero-order valence-electron chi connectivity index (χ0n) is 11.5. The molecule has 0 atom stereocenters. The van der Waals surface area contributed by atoms with Gasteiger partial charge in [0.15, 0.2) is 0 Å². The molecule has 2 aromatic carbocycles. The van der Waals surface area contributed by atoms with Crippen LogP contribution in [0.25, 0.3) is 0 Å². The second-order valence-corrected chi connectivity index (χ2v) is 5.82. The van der Waals surface area contributed by atoms with Gasteiger partial charge in [-0.3, -0.25) is 0 Å². The predicted octanol–water partition coefficient (Wildman–Crippen LogP) is 4.31. The molecular formula is C16H18FNS. The average molecular weight is 275 g/mol. The molecule has 0 aliphatic carbocycles. The molecule has 0 aliphatic rings. The molecule has 0 spiro atoms. The van der Waals surface area contributed by atoms with Crippen molar-refractivity contribution in [2.75, 3.05) is 7.05 Å². The van der Waals surface area contributed by atoms with Gasteiger partial charge in [-0.05, 0) is 67.9 Å². The van der Waals surface area contributed by atoms with Crippen molar-refractivity contribution in [3.05, 3.63) is 58.9 Å². The Labute approximate surface area is 118 Å². The highest BCUT2D eigenvalue weighted by Gasteiger charge is 2.04. The smallest absolute Gasteiger partial charge is 0.124 e. The molecule has 3 heteroatoms. The number of aryl methyl sites for hydroxylation is 2. The third-order valence-corrected chi connectivity index (χ3v) is 3.99. The van der Waals surface area contributed by atoms with E-state index < -0.39 is 0 Å². The molecular weight excluding hydrogens is 257 g/mol. The van der Waals surface area contributed by atoms with Gasteiger partial charge in [0.25, 0.3) is 0 Å². The van der Waals surface area contributed by atoms with E-state index in [1.807, 2.05) is 13.1 Å². The van der Waals surface area contributed by atoms with Gasteiger partial charge in [0.05, 0.1) is 0 Å². The van der Waals surface area contributed by atoms with Crippen LogP contribution in [0.3, 0.4) is 0 Å². The molecule has 0 amide bonds. The van der Waals surface area contributed by atoms with Crippen molar-refractivity contribution in [1.29, 1.82) is 0 Å². The summed E-state index contributed by atoms with van der Waals surface area (Å²) in [6.07, 6.45) is 0. The molecule has 0 aliphatic heterocycles. The molecule has 1 N–H and O–H groups in total. The van der Waals surface area contributed by atoms with Gasteiger partial charge in [-0.2, -0.15) is 0 Å². The summed E-state index contributed by atoms with van der Waals surface area (Å²) in [4.78, 5) is 2.08. The monoisotopic (exact) mass is 275 g/mol. The van der Waals surface area contributed by atoms with Crippen LogP contribution in [-0.2, 0) is 6.54 Å². The van der Waals surface area contributed by atoms with E-state index in [0.29, 0.717) is 6.54 Å². The Morgan fingerprint density at radius 2 is 1.79 bits per heavy atom. The van der Waals surface area contributed by atoms with Crippen molar-refractivity contribution >= 4 is 11.8 Å². The molecule has 0 fully saturated rings. The first-order valence-electron chi connectivity index (χ1n) is 6.27. The van der Waals surface area contributed by atoms with Gasteiger partial charge < -0.3 is 5.32 Å². The molecule has 2 aromatic rings. The molecule has 0 saturated carbocycles. The van der Waals surface area contributed by atoms with Crippen LogP contribution in [0.4, 0.5) is 4.39 Å². The Morgan fingerprint density at radius 3 is 2.47 bits per heavy atom. The Morgan fingerprint density at radius 1 is 1.00 bits per heavy atom. The van der Waals surface area contributed by atoms with Gasteiger partial charge in [-0.25, -0.2) is 4.39 Å². The van der Waals surface area contributed by atoms with E-state index in [1.165, 1.54) is 11.1 Å². The van der Waals surface area contributed by atoms with Crippen LogP contribution in [0, 0.1) is 19.7 Å². The number of halogens is 1. The predicted molar refractivity (Wildman–Crippen MR) is 79.2 cm³/mol. The lowest BCUT2D eigenvalue weighted by Crippen LogP contribution is -2.05. The van der Waals surface area contributed by atoms with Gasteiger partial charge in [-0.1, -0.05) is 17.8 Å². The average Bonchev–Trinajstić information content (AvgIpc) is 2.33. The van der Waals surface area contributed by atoms with Crippen LogP contribution in [0.5, 0.6) is 0 Å². The molecule has 0 saturated heterocycles. The van der Waals surface area contributed by atoms with Crippen LogP contribution in [0.15, 0.2) is 46.2 Å². The first-order valence-corrected chi connectivity index (χ1v) is 7.09. The van der Waals surface area contributed by atoms with E-state index in [4.69, 9.17) is 0 Å². The summed E-state index contributed by atoms with van der Waals surface area (Å²) in [6, 6.07) is 11.5. The van der Waals surface area contributed by atoms with Crippen molar-refractivity contribution in [2.24, 2.45) is 0 Å². The standard InChI is InChI=1S/C16H18FNS/c1-11-4-5-15(6-12(11)2)19-16-8-13(10-18-3)7-14(17)9-16/h4-9,18H,10H2,1-3H3. The lowest BCUT2D eigenvalue weighted by molar-refractivity contribution is 0.619. The maximum absolute atomic E-state index is 13.6. The van der Waals surface area contributed by atoms with E-state index in [2.05, 4.69) is 37.4 Å². The highest BCUT2D eigenvalue weighted by molar-refractivity contribution is 7.99. The Kier molecular flexibility index (Phi) is 4.61. The lowest BCUT2D eigenvalue weighted by Gasteiger charge is -2.07. The third-order valence-electron chi connectivity index (χ3n) is 3.03. The topological polar surface area (TPSA) is 12.0 Å². The fourth-order valence-electron chi connectivity index (χ4n) is 1.90. The second kappa shape index (κ2) is 6.22. The maximum Gasteiger partial charge on any atom is 0.124 e. The zero-order chi connectivity index (χ0) is 13.8. The number of nitrogens with one attached hydrogen (secondary N) is 1. The molecule has 0 heterocycles. The van der Waals surface area contributed by atoms with Gasteiger partial charge in [-0.15, -0.1) is 0 Å². The van der Waals surface area contributed by atoms with Crippen LogP contribution in [0.2, 0.25) is 0 Å². The second-order valence-electron chi connectivity index (χ2n) is 4.67. The number of hydrogen-bond acceptors (Lipinski definition) is 2. The SMILES string of the molecule is CNCc1cc(F)cc(Sc2ccc(C)c(C)c2)c1. The highest BCUT2D eigenvalue weighted by Crippen LogP contribution is 2.30. The Hall–Kier alpha value is -1.32. The van der Waals surface area contributed by atoms with Gasteiger partial charge in [0.1, 0.15) is 5.82 Å². The van der Waals surface area contributed by atoms with Crippen LogP contribution in [0.1, 0.15) is 16.7 Å². The van der Waals surface area contributed by atoms with E-state index in [1.54, 1.807) is 23.9 Å². The number of rotatable bonds is 4. The minimum absolute atomic E-state index is 0.181. The minimum atomic E-state index is -0.181. The summed E-state index contributed by atoms with van der Waals surface area (Å²) in [6.45, 7) is 4.87. The molecule has 0 bridgehead atoms. The summed E-state index contributed by atoms with van der Waals surface area (Å²) in [5.74, 6) is -0.181. The zero-order valence-corrected chi connectivity index (χ0v) is 12.3. The summed E-state index contributed by atoms with van der Waals surface area (Å²) >= 11 is 1.60. The summed E-state index contributed by atoms with van der Waals surface area (Å²) in [7, 11) is 1.86. The van der Waals surface area contributed by atoms with Crippen molar-refractivity contribution in [2.45, 2.75) is 30.2 Å². The molecule has 0 aromatic heterocycles. The van der Waals surface area contributed by atoms with Gasteiger partial charge in [0, 0.05) is 16.3 Å². The van der Waals surface area contributed by atoms with Crippen molar-refractivity contribution in [3.63, 3.8) is 0 Å². The summed E-state index contributed by atoms with van der Waals surface area (Å²) in [5, 5.41) is 3.04. The first-order chi connectivity index (χ1) is 9.08. The van der Waals surface area contributed by atoms with Gasteiger partial charge >= 0.3 is 0 Å². The highest BCUT2D eigenvalue weighted by atomic mass is 32.2. The van der Waals surface area contributed by atoms with E-state index in [-0.39, 0.29) is 5.82 Å². The minimum Gasteiger partial charge on any atom is -0.316 e. The quantitative estimate of drug-likeness (QED) is 0.892. The van der Waals surface area contributed by atoms with Crippen molar-refractivity contribution in [1.82, 2.24) is 5.32 Å². The fraction of sp³-hybridized carbons (Fsp3) is 0.250. The normalized spacial score (nSPS) is 10.7. The van der Waals surface area contributed by atoms with E-state index in [0.717, 1.165) is 15.4 Å². The first kappa shape index (κ1) is 14.1. The molecule has 0 unspecified atom stereocenters. The number of benzene rings is 2.